The van der Waals surface area contributed by atoms with Crippen molar-refractivity contribution in [3.05, 3.63) is 40.0 Å². The fourth-order valence-electron chi connectivity index (χ4n) is 2.81. The van der Waals surface area contributed by atoms with Gasteiger partial charge in [0.25, 0.3) is 5.91 Å². The molecule has 2 aromatic heterocycles. The van der Waals surface area contributed by atoms with Crippen molar-refractivity contribution in [2.24, 2.45) is 0 Å². The lowest BCUT2D eigenvalue weighted by atomic mass is 10.2. The van der Waals surface area contributed by atoms with Crippen LogP contribution in [0.3, 0.4) is 0 Å². The third-order valence-corrected chi connectivity index (χ3v) is 5.61. The number of ether oxygens (including phenoxy) is 1. The van der Waals surface area contributed by atoms with Crippen molar-refractivity contribution in [2.45, 2.75) is 30.8 Å². The summed E-state index contributed by atoms with van der Waals surface area (Å²) in [5.74, 6) is 0.444. The van der Waals surface area contributed by atoms with Crippen LogP contribution in [0.5, 0.6) is 0 Å². The van der Waals surface area contributed by atoms with Gasteiger partial charge < -0.3 is 15.4 Å². The number of rotatable bonds is 10. The first-order chi connectivity index (χ1) is 14.9. The molecule has 0 aliphatic carbocycles. The van der Waals surface area contributed by atoms with Crippen molar-refractivity contribution >= 4 is 57.7 Å². The molecule has 11 heteroatoms. The topological polar surface area (TPSA) is 94.0 Å². The summed E-state index contributed by atoms with van der Waals surface area (Å²) < 4.78 is 6.87. The van der Waals surface area contributed by atoms with Crippen molar-refractivity contribution < 1.29 is 9.53 Å². The Morgan fingerprint density at radius 3 is 2.77 bits per heavy atom. The summed E-state index contributed by atoms with van der Waals surface area (Å²) in [5, 5.41) is 13.2. The van der Waals surface area contributed by atoms with Gasteiger partial charge in [0.1, 0.15) is 5.82 Å². The highest BCUT2D eigenvalue weighted by molar-refractivity contribution is 7.99. The second kappa shape index (κ2) is 11.0. The molecule has 2 N–H and O–H groups in total. The average Bonchev–Trinajstić information content (AvgIpc) is 3.10. The van der Waals surface area contributed by atoms with Crippen LogP contribution >= 0.6 is 35.0 Å². The Balaban J connectivity index is 1.75. The zero-order valence-electron chi connectivity index (χ0n) is 17.5. The number of anilines is 1. The lowest BCUT2D eigenvalue weighted by Crippen LogP contribution is -2.27. The van der Waals surface area contributed by atoms with E-state index < -0.39 is 0 Å². The number of thioether (sulfide) groups is 1. The van der Waals surface area contributed by atoms with Crippen molar-refractivity contribution in [1.29, 1.82) is 0 Å². The zero-order valence-corrected chi connectivity index (χ0v) is 19.8. The maximum absolute atomic E-state index is 12.4. The third-order valence-electron chi connectivity index (χ3n) is 4.20. The van der Waals surface area contributed by atoms with Crippen LogP contribution < -0.4 is 10.6 Å². The molecule has 1 aromatic carbocycles. The summed E-state index contributed by atoms with van der Waals surface area (Å²) in [6.07, 6.45) is 1.73. The van der Waals surface area contributed by atoms with E-state index in [1.165, 1.54) is 0 Å². The highest BCUT2D eigenvalue weighted by Crippen LogP contribution is 2.26. The number of nitrogens with one attached hydrogen (secondary N) is 2. The molecule has 0 bridgehead atoms. The van der Waals surface area contributed by atoms with Gasteiger partial charge in [-0.15, -0.1) is 0 Å². The lowest BCUT2D eigenvalue weighted by Gasteiger charge is -2.11. The summed E-state index contributed by atoms with van der Waals surface area (Å²) >= 11 is 13.6. The Hall–Kier alpha value is -2.07. The molecule has 0 saturated heterocycles. The molecule has 0 fully saturated rings. The number of benzene rings is 1. The van der Waals surface area contributed by atoms with Crippen LogP contribution in [0.4, 0.5) is 5.82 Å². The van der Waals surface area contributed by atoms with E-state index in [4.69, 9.17) is 27.9 Å². The molecule has 0 spiro atoms. The second-order valence-corrected chi connectivity index (χ2v) is 9.31. The van der Waals surface area contributed by atoms with Crippen LogP contribution in [-0.4, -0.2) is 57.7 Å². The average molecular weight is 483 g/mol. The number of carbonyl (C=O) groups is 1. The van der Waals surface area contributed by atoms with Crippen LogP contribution in [0.25, 0.3) is 11.0 Å². The molecule has 0 radical (unpaired) electrons. The smallest absolute Gasteiger partial charge is 0.252 e. The minimum Gasteiger partial charge on any atom is -0.383 e. The van der Waals surface area contributed by atoms with Gasteiger partial charge in [0.15, 0.2) is 10.8 Å². The number of amides is 1. The number of nitrogens with zero attached hydrogens (tertiary/aromatic N) is 4. The minimum absolute atomic E-state index is 0.272. The number of hydrogen-bond donors (Lipinski definition) is 2. The largest absolute Gasteiger partial charge is 0.383 e. The molecule has 2 heterocycles. The van der Waals surface area contributed by atoms with Gasteiger partial charge in [0.05, 0.1) is 35.3 Å². The lowest BCUT2D eigenvalue weighted by molar-refractivity contribution is 0.0952. The molecule has 3 rings (SSSR count). The van der Waals surface area contributed by atoms with Gasteiger partial charge in [-0.25, -0.2) is 14.6 Å². The van der Waals surface area contributed by atoms with Crippen LogP contribution in [0.1, 0.15) is 24.2 Å². The summed E-state index contributed by atoms with van der Waals surface area (Å²) in [7, 11) is 1.65. The fraction of sp³-hybridized carbons (Fsp3) is 0.400. The quantitative estimate of drug-likeness (QED) is 0.255. The van der Waals surface area contributed by atoms with Crippen molar-refractivity contribution in [3.63, 3.8) is 0 Å². The van der Waals surface area contributed by atoms with E-state index in [0.717, 1.165) is 5.39 Å². The Bertz CT molecular complexity index is 1060. The molecule has 1 amide bonds. The maximum Gasteiger partial charge on any atom is 0.252 e. The molecule has 0 atom stereocenters. The SMILES string of the molecule is COCCNc1nc(SC(C)C)nc2c1cnn2CCNC(=O)c1ccc(Cl)cc1Cl. The van der Waals surface area contributed by atoms with E-state index in [1.807, 2.05) is 0 Å². The van der Waals surface area contributed by atoms with E-state index in [0.29, 0.717) is 63.7 Å². The molecule has 166 valence electrons. The number of carbonyl (C=O) groups excluding carboxylic acids is 1. The Kier molecular flexibility index (Phi) is 8.36. The Labute approximate surface area is 195 Å². The van der Waals surface area contributed by atoms with Crippen LogP contribution in [-0.2, 0) is 11.3 Å². The maximum atomic E-state index is 12.4. The van der Waals surface area contributed by atoms with Gasteiger partial charge in [-0.2, -0.15) is 5.10 Å². The standard InChI is InChI=1S/C20H24Cl2N6O2S/c1-12(2)31-20-26-17(23-7-9-30-3)15-11-25-28(18(15)27-20)8-6-24-19(29)14-5-4-13(21)10-16(14)22/h4-5,10-12H,6-9H2,1-3H3,(H,24,29)(H,23,26,27). The molecule has 0 aliphatic rings. The van der Waals surface area contributed by atoms with E-state index in [2.05, 4.69) is 39.5 Å². The number of hydrogen-bond acceptors (Lipinski definition) is 7. The predicted octanol–water partition coefficient (Wildman–Crippen LogP) is 4.12. The van der Waals surface area contributed by atoms with E-state index in [-0.39, 0.29) is 5.91 Å². The Morgan fingerprint density at radius 2 is 2.06 bits per heavy atom. The first-order valence-electron chi connectivity index (χ1n) is 9.75. The number of aromatic nitrogens is 4. The van der Waals surface area contributed by atoms with Crippen LogP contribution in [0.15, 0.2) is 29.6 Å². The third kappa shape index (κ3) is 6.22. The highest BCUT2D eigenvalue weighted by atomic mass is 35.5. The van der Waals surface area contributed by atoms with Crippen molar-refractivity contribution in [2.75, 3.05) is 32.1 Å². The van der Waals surface area contributed by atoms with Gasteiger partial charge in [0.2, 0.25) is 0 Å². The molecular formula is C20H24Cl2N6O2S. The van der Waals surface area contributed by atoms with Gasteiger partial charge in [-0.1, -0.05) is 48.8 Å². The molecule has 0 aliphatic heterocycles. The van der Waals surface area contributed by atoms with Crippen molar-refractivity contribution in [3.8, 4) is 0 Å². The van der Waals surface area contributed by atoms with Crippen molar-refractivity contribution in [1.82, 2.24) is 25.1 Å². The van der Waals surface area contributed by atoms with Gasteiger partial charge in [-0.05, 0) is 18.2 Å². The first-order valence-corrected chi connectivity index (χ1v) is 11.4. The normalized spacial score (nSPS) is 11.3. The van der Waals surface area contributed by atoms with Crippen LogP contribution in [0, 0.1) is 0 Å². The molecule has 3 aromatic rings. The number of fused-ring (bicyclic) bond motifs is 1. The summed E-state index contributed by atoms with van der Waals surface area (Å²) in [5.41, 5.74) is 1.08. The monoisotopic (exact) mass is 482 g/mol. The fourth-order valence-corrected chi connectivity index (χ4v) is 4.01. The summed E-state index contributed by atoms with van der Waals surface area (Å²) in [6, 6.07) is 4.78. The summed E-state index contributed by atoms with van der Waals surface area (Å²) in [6.45, 7) is 6.16. The molecular weight excluding hydrogens is 459 g/mol. The van der Waals surface area contributed by atoms with Crippen LogP contribution in [0.2, 0.25) is 10.0 Å². The van der Waals surface area contributed by atoms with E-state index in [9.17, 15) is 4.79 Å². The highest BCUT2D eigenvalue weighted by Gasteiger charge is 2.15. The molecule has 0 unspecified atom stereocenters. The van der Waals surface area contributed by atoms with Gasteiger partial charge >= 0.3 is 0 Å². The van der Waals surface area contributed by atoms with E-state index in [1.54, 1.807) is 47.9 Å². The predicted molar refractivity (Wildman–Crippen MR) is 125 cm³/mol. The first kappa shape index (κ1) is 23.6. The van der Waals surface area contributed by atoms with Gasteiger partial charge in [-0.3, -0.25) is 4.79 Å². The summed E-state index contributed by atoms with van der Waals surface area (Å²) in [4.78, 5) is 21.7. The molecule has 0 saturated carbocycles. The Morgan fingerprint density at radius 1 is 1.26 bits per heavy atom. The number of methoxy groups -OCH3 is 1. The molecule has 8 nitrogen and oxygen atoms in total. The second-order valence-electron chi connectivity index (χ2n) is 6.93. The van der Waals surface area contributed by atoms with Gasteiger partial charge in [0, 0.05) is 30.5 Å². The minimum atomic E-state index is -0.272. The number of halogens is 2. The molecule has 31 heavy (non-hydrogen) atoms. The zero-order chi connectivity index (χ0) is 22.4. The van der Waals surface area contributed by atoms with E-state index >= 15 is 0 Å².